The van der Waals surface area contributed by atoms with Crippen molar-refractivity contribution in [2.45, 2.75) is 78.3 Å². The Bertz CT molecular complexity index is 594. The fourth-order valence-electron chi connectivity index (χ4n) is 2.13. The van der Waals surface area contributed by atoms with E-state index in [1.807, 2.05) is 27.7 Å². The lowest BCUT2D eigenvalue weighted by Crippen LogP contribution is -2.38. The molecule has 0 radical (unpaired) electrons. The third-order valence-electron chi connectivity index (χ3n) is 4.88. The zero-order valence-corrected chi connectivity index (χ0v) is 19.6. The second kappa shape index (κ2) is 19.2. The third kappa shape index (κ3) is 17.2. The van der Waals surface area contributed by atoms with E-state index < -0.39 is 36.0 Å². The minimum Gasteiger partial charge on any atom is -0.481 e. The van der Waals surface area contributed by atoms with E-state index in [4.69, 9.17) is 31.2 Å². The van der Waals surface area contributed by atoms with Crippen molar-refractivity contribution in [2.75, 3.05) is 13.2 Å². The van der Waals surface area contributed by atoms with E-state index in [2.05, 4.69) is 0 Å². The first-order valence-electron chi connectivity index (χ1n) is 10.9. The van der Waals surface area contributed by atoms with Crippen LogP contribution in [0.15, 0.2) is 12.2 Å². The van der Waals surface area contributed by atoms with Crippen LogP contribution in [0.2, 0.25) is 0 Å². The number of unbranched alkanes of at least 4 members (excludes halogenated alkanes) is 1. The number of carbonyl (C=O) groups is 4. The number of carboxylic acid groups (broad SMARTS) is 2. The van der Waals surface area contributed by atoms with Gasteiger partial charge >= 0.3 is 23.9 Å². The van der Waals surface area contributed by atoms with Gasteiger partial charge in [-0.15, -0.1) is 0 Å². The van der Waals surface area contributed by atoms with Crippen LogP contribution in [-0.4, -0.2) is 59.4 Å². The molecule has 0 spiro atoms. The highest BCUT2D eigenvalue weighted by Crippen LogP contribution is 2.08. The number of carbonyl (C=O) groups excluding carboxylic acids is 2. The van der Waals surface area contributed by atoms with Crippen LogP contribution in [0.5, 0.6) is 0 Å². The second-order valence-electron chi connectivity index (χ2n) is 7.54. The van der Waals surface area contributed by atoms with Crippen LogP contribution in [0.3, 0.4) is 0 Å². The summed E-state index contributed by atoms with van der Waals surface area (Å²) in [5.74, 6) is -2.48. The van der Waals surface area contributed by atoms with Crippen molar-refractivity contribution in [1.29, 1.82) is 0 Å². The summed E-state index contributed by atoms with van der Waals surface area (Å²) in [5.41, 5.74) is 11.3. The summed E-state index contributed by atoms with van der Waals surface area (Å²) in [4.78, 5) is 43.1. The predicted octanol–water partition coefficient (Wildman–Crippen LogP) is 2.09. The van der Waals surface area contributed by atoms with Gasteiger partial charge in [-0.3, -0.25) is 14.4 Å². The zero-order chi connectivity index (χ0) is 25.1. The standard InChI is InChI=1S/C11H21NO4.C11H19NO4/c2*1-3-8(2)10(12)11(15)16-7-5-4-6-9(13)14/h8,10H,3-7,12H2,1-2H3,(H,13,14);4,6,8,10H,3,5,7,12H2,1-2H3,(H,13,14)/t2*8-,10-/m00/s1. The Morgan fingerprint density at radius 1 is 0.844 bits per heavy atom. The van der Waals surface area contributed by atoms with Crippen molar-refractivity contribution in [2.24, 2.45) is 23.3 Å². The highest BCUT2D eigenvalue weighted by atomic mass is 16.5. The summed E-state index contributed by atoms with van der Waals surface area (Å²) in [7, 11) is 0. The first-order chi connectivity index (χ1) is 15.0. The Labute approximate surface area is 190 Å². The SMILES string of the molecule is CC[C@H](C)[C@H](N)C(=O)OCCC=CC(=O)O.CC[C@H](C)[C@H](N)C(=O)OCCCCC(=O)O. The maximum absolute atomic E-state index is 11.4. The molecule has 0 aliphatic heterocycles. The number of carboxylic acids is 2. The minimum atomic E-state index is -1.01. The molecule has 6 N–H and O–H groups in total. The quantitative estimate of drug-likeness (QED) is 0.160. The van der Waals surface area contributed by atoms with Crippen LogP contribution < -0.4 is 11.5 Å². The van der Waals surface area contributed by atoms with Gasteiger partial charge in [0.15, 0.2) is 0 Å². The van der Waals surface area contributed by atoms with E-state index in [1.54, 1.807) is 0 Å². The lowest BCUT2D eigenvalue weighted by Gasteiger charge is -2.16. The molecule has 0 heterocycles. The van der Waals surface area contributed by atoms with Gasteiger partial charge in [0.1, 0.15) is 12.1 Å². The second-order valence-corrected chi connectivity index (χ2v) is 7.54. The largest absolute Gasteiger partial charge is 0.481 e. The van der Waals surface area contributed by atoms with Gasteiger partial charge in [-0.2, -0.15) is 0 Å². The zero-order valence-electron chi connectivity index (χ0n) is 19.6. The molecular formula is C22H40N2O8. The van der Waals surface area contributed by atoms with Crippen molar-refractivity contribution in [3.8, 4) is 0 Å². The molecule has 32 heavy (non-hydrogen) atoms. The molecule has 0 bridgehead atoms. The lowest BCUT2D eigenvalue weighted by molar-refractivity contribution is -0.147. The molecule has 10 nitrogen and oxygen atoms in total. The highest BCUT2D eigenvalue weighted by molar-refractivity contribution is 5.79. The molecule has 0 aromatic carbocycles. The van der Waals surface area contributed by atoms with E-state index in [9.17, 15) is 19.2 Å². The van der Waals surface area contributed by atoms with E-state index in [0.29, 0.717) is 19.3 Å². The summed E-state index contributed by atoms with van der Waals surface area (Å²) < 4.78 is 9.85. The monoisotopic (exact) mass is 460 g/mol. The van der Waals surface area contributed by atoms with Gasteiger partial charge in [-0.05, 0) is 24.7 Å². The number of hydrogen-bond donors (Lipinski definition) is 4. The molecule has 0 aromatic heterocycles. The number of rotatable bonds is 15. The van der Waals surface area contributed by atoms with Crippen molar-refractivity contribution in [3.63, 3.8) is 0 Å². The summed E-state index contributed by atoms with van der Waals surface area (Å²) in [6.07, 6.45) is 5.66. The van der Waals surface area contributed by atoms with Crippen molar-refractivity contribution in [3.05, 3.63) is 12.2 Å². The van der Waals surface area contributed by atoms with Crippen molar-refractivity contribution >= 4 is 23.9 Å². The molecule has 0 saturated carbocycles. The van der Waals surface area contributed by atoms with Gasteiger partial charge in [0.2, 0.25) is 0 Å². The molecule has 0 unspecified atom stereocenters. The van der Waals surface area contributed by atoms with Gasteiger partial charge in [-0.25, -0.2) is 4.79 Å². The molecule has 10 heteroatoms. The van der Waals surface area contributed by atoms with Gasteiger partial charge in [0.25, 0.3) is 0 Å². The normalized spacial score (nSPS) is 14.4. The predicted molar refractivity (Wildman–Crippen MR) is 120 cm³/mol. The van der Waals surface area contributed by atoms with Gasteiger partial charge in [0, 0.05) is 18.9 Å². The molecule has 0 rings (SSSR count). The number of nitrogens with two attached hydrogens (primary N) is 2. The van der Waals surface area contributed by atoms with Crippen LogP contribution >= 0.6 is 0 Å². The smallest absolute Gasteiger partial charge is 0.327 e. The lowest BCUT2D eigenvalue weighted by atomic mass is 10.0. The molecule has 0 aliphatic carbocycles. The number of ether oxygens (including phenoxy) is 2. The van der Waals surface area contributed by atoms with E-state index >= 15 is 0 Å². The fraction of sp³-hybridized carbons (Fsp3) is 0.727. The summed E-state index contributed by atoms with van der Waals surface area (Å²) in [6, 6.07) is -1.18. The highest BCUT2D eigenvalue weighted by Gasteiger charge is 2.21. The average Bonchev–Trinajstić information content (AvgIpc) is 2.75. The maximum atomic E-state index is 11.4. The Balaban J connectivity index is 0. The van der Waals surface area contributed by atoms with Crippen LogP contribution in [0, 0.1) is 11.8 Å². The van der Waals surface area contributed by atoms with Crippen LogP contribution in [0.1, 0.15) is 66.2 Å². The van der Waals surface area contributed by atoms with Crippen LogP contribution in [0.4, 0.5) is 0 Å². The summed E-state index contributed by atoms with van der Waals surface area (Å²) in [6.45, 7) is 8.10. The van der Waals surface area contributed by atoms with Crippen LogP contribution in [-0.2, 0) is 28.7 Å². The summed E-state index contributed by atoms with van der Waals surface area (Å²) in [5, 5.41) is 16.7. The van der Waals surface area contributed by atoms with E-state index in [1.165, 1.54) is 6.08 Å². The first-order valence-corrected chi connectivity index (χ1v) is 10.9. The van der Waals surface area contributed by atoms with Crippen molar-refractivity contribution in [1.82, 2.24) is 0 Å². The Kier molecular flexibility index (Phi) is 19.1. The Morgan fingerprint density at radius 3 is 1.72 bits per heavy atom. The Morgan fingerprint density at radius 2 is 1.31 bits per heavy atom. The molecule has 0 fully saturated rings. The molecule has 0 amide bonds. The van der Waals surface area contributed by atoms with Crippen LogP contribution in [0.25, 0.3) is 0 Å². The average molecular weight is 461 g/mol. The molecule has 186 valence electrons. The molecule has 0 aromatic rings. The minimum absolute atomic E-state index is 0.0852. The first kappa shape index (κ1) is 31.7. The molecule has 0 aliphatic rings. The van der Waals surface area contributed by atoms with Crippen molar-refractivity contribution < 1.29 is 38.9 Å². The van der Waals surface area contributed by atoms with Gasteiger partial charge in [0.05, 0.1) is 13.2 Å². The number of esters is 2. The fourth-order valence-corrected chi connectivity index (χ4v) is 2.13. The molecular weight excluding hydrogens is 420 g/mol. The summed E-state index contributed by atoms with van der Waals surface area (Å²) >= 11 is 0. The maximum Gasteiger partial charge on any atom is 0.327 e. The van der Waals surface area contributed by atoms with E-state index in [0.717, 1.165) is 18.9 Å². The third-order valence-corrected chi connectivity index (χ3v) is 4.88. The van der Waals surface area contributed by atoms with E-state index in [-0.39, 0.29) is 31.5 Å². The Hall–Kier alpha value is -2.46. The van der Waals surface area contributed by atoms with Gasteiger partial charge in [-0.1, -0.05) is 46.6 Å². The number of hydrogen-bond acceptors (Lipinski definition) is 8. The topological polar surface area (TPSA) is 179 Å². The molecule has 4 atom stereocenters. The van der Waals surface area contributed by atoms with Gasteiger partial charge < -0.3 is 31.2 Å². The number of aliphatic carboxylic acids is 2. The molecule has 0 saturated heterocycles.